The summed E-state index contributed by atoms with van der Waals surface area (Å²) in [5.41, 5.74) is 0.672. The van der Waals surface area contributed by atoms with Crippen molar-refractivity contribution in [3.63, 3.8) is 0 Å². The minimum atomic E-state index is -0.402. The van der Waals surface area contributed by atoms with E-state index in [1.54, 1.807) is 30.3 Å². The zero-order valence-corrected chi connectivity index (χ0v) is 13.1. The molecule has 0 saturated carbocycles. The molecule has 0 aliphatic carbocycles. The fourth-order valence-electron chi connectivity index (χ4n) is 2.16. The van der Waals surface area contributed by atoms with Crippen molar-refractivity contribution < 1.29 is 22.8 Å². The first-order valence-electron chi connectivity index (χ1n) is 7.59. The summed E-state index contributed by atoms with van der Waals surface area (Å²) < 4.78 is 23.4. The Kier molecular flexibility index (Phi) is 4.94. The van der Waals surface area contributed by atoms with E-state index in [9.17, 15) is 14.0 Å². The van der Waals surface area contributed by atoms with E-state index < -0.39 is 5.91 Å². The Morgan fingerprint density at radius 1 is 0.880 bits per heavy atom. The average molecular weight is 342 g/mol. The summed E-state index contributed by atoms with van der Waals surface area (Å²) in [4.78, 5) is 23.7. The Labute approximate surface area is 142 Å². The van der Waals surface area contributed by atoms with Gasteiger partial charge in [0.1, 0.15) is 11.6 Å². The van der Waals surface area contributed by atoms with Crippen LogP contribution in [-0.2, 0) is 0 Å². The van der Waals surface area contributed by atoms with Gasteiger partial charge in [0, 0.05) is 18.7 Å². The van der Waals surface area contributed by atoms with Crippen molar-refractivity contribution in [2.24, 2.45) is 0 Å². The fraction of sp³-hybridized carbons (Fsp3) is 0.111. The van der Waals surface area contributed by atoms with Crippen LogP contribution in [0.1, 0.15) is 21.1 Å². The number of halogens is 1. The molecule has 3 aromatic rings. The second-order valence-corrected chi connectivity index (χ2v) is 5.16. The van der Waals surface area contributed by atoms with Crippen LogP contribution in [-0.4, -0.2) is 24.9 Å². The van der Waals surface area contributed by atoms with Crippen molar-refractivity contribution in [1.29, 1.82) is 0 Å². The van der Waals surface area contributed by atoms with Crippen LogP contribution < -0.4 is 10.6 Å². The van der Waals surface area contributed by atoms with E-state index in [4.69, 9.17) is 8.83 Å². The molecule has 2 amide bonds. The highest BCUT2D eigenvalue weighted by molar-refractivity contribution is 5.92. The van der Waals surface area contributed by atoms with Crippen LogP contribution in [0.15, 0.2) is 63.6 Å². The molecule has 1 aromatic carbocycles. The van der Waals surface area contributed by atoms with E-state index in [-0.39, 0.29) is 36.3 Å². The number of carbonyl (C=O) groups excluding carboxylic acids is 2. The number of furan rings is 2. The zero-order chi connectivity index (χ0) is 17.6. The molecule has 6 nitrogen and oxygen atoms in total. The lowest BCUT2D eigenvalue weighted by Crippen LogP contribution is -2.34. The Bertz CT molecular complexity index is 854. The number of amides is 2. The fourth-order valence-corrected chi connectivity index (χ4v) is 2.16. The van der Waals surface area contributed by atoms with Gasteiger partial charge < -0.3 is 19.5 Å². The third-order valence-corrected chi connectivity index (χ3v) is 3.40. The molecule has 0 aliphatic heterocycles. The zero-order valence-electron chi connectivity index (χ0n) is 13.1. The molecule has 2 heterocycles. The van der Waals surface area contributed by atoms with Crippen molar-refractivity contribution in [3.05, 3.63) is 72.1 Å². The van der Waals surface area contributed by atoms with E-state index in [0.29, 0.717) is 11.3 Å². The first-order chi connectivity index (χ1) is 12.1. The maximum absolute atomic E-state index is 12.9. The summed E-state index contributed by atoms with van der Waals surface area (Å²) in [5, 5.41) is 5.25. The van der Waals surface area contributed by atoms with Gasteiger partial charge in [-0.1, -0.05) is 0 Å². The Morgan fingerprint density at radius 3 is 2.20 bits per heavy atom. The lowest BCUT2D eigenvalue weighted by molar-refractivity contribution is 0.0901. The number of rotatable bonds is 6. The van der Waals surface area contributed by atoms with Crippen molar-refractivity contribution in [2.45, 2.75) is 0 Å². The first-order valence-corrected chi connectivity index (χ1v) is 7.59. The van der Waals surface area contributed by atoms with E-state index in [0.717, 1.165) is 0 Å². The summed E-state index contributed by atoms with van der Waals surface area (Å²) in [6, 6.07) is 12.1. The standard InChI is InChI=1S/C18H15FN2O4/c19-13-5-3-12(4-6-13)14-7-8-16(25-14)18(23)21-10-9-20-17(22)15-2-1-11-24-15/h1-8,11H,9-10H2,(H,20,22)(H,21,23). The monoisotopic (exact) mass is 342 g/mol. The number of benzene rings is 1. The molecule has 2 aromatic heterocycles. The van der Waals surface area contributed by atoms with Crippen molar-refractivity contribution >= 4 is 11.8 Å². The van der Waals surface area contributed by atoms with Crippen molar-refractivity contribution in [1.82, 2.24) is 10.6 Å². The molecule has 0 radical (unpaired) electrons. The molecule has 0 aliphatic rings. The van der Waals surface area contributed by atoms with Gasteiger partial charge in [-0.3, -0.25) is 9.59 Å². The quantitative estimate of drug-likeness (QED) is 0.675. The molecule has 0 bridgehead atoms. The van der Waals surface area contributed by atoms with Gasteiger partial charge in [0.25, 0.3) is 11.8 Å². The molecular formula is C18H15FN2O4. The number of carbonyl (C=O) groups is 2. The lowest BCUT2D eigenvalue weighted by Gasteiger charge is -2.04. The molecule has 0 saturated heterocycles. The summed E-state index contributed by atoms with van der Waals surface area (Å²) >= 11 is 0. The third kappa shape index (κ3) is 4.14. The van der Waals surface area contributed by atoms with E-state index in [1.807, 2.05) is 0 Å². The first kappa shape index (κ1) is 16.5. The number of hydrogen-bond acceptors (Lipinski definition) is 4. The number of nitrogens with one attached hydrogen (secondary N) is 2. The molecule has 0 unspecified atom stereocenters. The minimum Gasteiger partial charge on any atom is -0.459 e. The van der Waals surface area contributed by atoms with E-state index >= 15 is 0 Å². The highest BCUT2D eigenvalue weighted by atomic mass is 19.1. The topological polar surface area (TPSA) is 84.5 Å². The minimum absolute atomic E-state index is 0.136. The molecule has 128 valence electrons. The van der Waals surface area contributed by atoms with Crippen LogP contribution in [0.4, 0.5) is 4.39 Å². The SMILES string of the molecule is O=C(NCCNC(=O)c1ccc(-c2ccc(F)cc2)o1)c1ccco1. The summed E-state index contributed by atoms with van der Waals surface area (Å²) in [7, 11) is 0. The molecule has 3 rings (SSSR count). The van der Waals surface area contributed by atoms with Crippen LogP contribution in [0, 0.1) is 5.82 Å². The summed E-state index contributed by atoms with van der Waals surface area (Å²) in [6.45, 7) is 0.481. The highest BCUT2D eigenvalue weighted by Crippen LogP contribution is 2.22. The van der Waals surface area contributed by atoms with Crippen LogP contribution in [0.5, 0.6) is 0 Å². The van der Waals surface area contributed by atoms with Gasteiger partial charge in [-0.15, -0.1) is 0 Å². The predicted octanol–water partition coefficient (Wildman–Crippen LogP) is 2.84. The largest absolute Gasteiger partial charge is 0.459 e. The molecular weight excluding hydrogens is 327 g/mol. The summed E-state index contributed by atoms with van der Waals surface area (Å²) in [6.07, 6.45) is 1.41. The third-order valence-electron chi connectivity index (χ3n) is 3.40. The van der Waals surface area contributed by atoms with Gasteiger partial charge >= 0.3 is 0 Å². The molecule has 0 spiro atoms. The Hall–Kier alpha value is -3.35. The molecule has 7 heteroatoms. The highest BCUT2D eigenvalue weighted by Gasteiger charge is 2.12. The van der Waals surface area contributed by atoms with Gasteiger partial charge in [0.15, 0.2) is 11.5 Å². The van der Waals surface area contributed by atoms with E-state index in [2.05, 4.69) is 10.6 Å². The Balaban J connectivity index is 1.49. The van der Waals surface area contributed by atoms with Gasteiger partial charge in [-0.2, -0.15) is 0 Å². The lowest BCUT2D eigenvalue weighted by atomic mass is 10.2. The van der Waals surface area contributed by atoms with Gasteiger partial charge in [-0.05, 0) is 48.5 Å². The van der Waals surface area contributed by atoms with Gasteiger partial charge in [-0.25, -0.2) is 4.39 Å². The predicted molar refractivity (Wildman–Crippen MR) is 87.5 cm³/mol. The van der Waals surface area contributed by atoms with Crippen molar-refractivity contribution in [3.8, 4) is 11.3 Å². The second kappa shape index (κ2) is 7.48. The maximum Gasteiger partial charge on any atom is 0.287 e. The second-order valence-electron chi connectivity index (χ2n) is 5.16. The van der Waals surface area contributed by atoms with Crippen LogP contribution in [0.3, 0.4) is 0 Å². The smallest absolute Gasteiger partial charge is 0.287 e. The van der Waals surface area contributed by atoms with Gasteiger partial charge in [0.2, 0.25) is 0 Å². The Morgan fingerprint density at radius 2 is 1.56 bits per heavy atom. The molecule has 0 atom stereocenters. The van der Waals surface area contributed by atoms with Crippen LogP contribution >= 0.6 is 0 Å². The van der Waals surface area contributed by atoms with E-state index in [1.165, 1.54) is 24.5 Å². The number of hydrogen-bond donors (Lipinski definition) is 2. The van der Waals surface area contributed by atoms with Crippen LogP contribution in [0.2, 0.25) is 0 Å². The van der Waals surface area contributed by atoms with Gasteiger partial charge in [0.05, 0.1) is 6.26 Å². The average Bonchev–Trinajstić information content (AvgIpc) is 3.30. The molecule has 2 N–H and O–H groups in total. The maximum atomic E-state index is 12.9. The normalized spacial score (nSPS) is 10.4. The molecule has 0 fully saturated rings. The molecule has 25 heavy (non-hydrogen) atoms. The summed E-state index contributed by atoms with van der Waals surface area (Å²) in [5.74, 6) is -0.282. The van der Waals surface area contributed by atoms with Crippen LogP contribution in [0.25, 0.3) is 11.3 Å². The van der Waals surface area contributed by atoms with Crippen molar-refractivity contribution in [2.75, 3.05) is 13.1 Å².